The van der Waals surface area contributed by atoms with E-state index in [4.69, 9.17) is 21.9 Å². The van der Waals surface area contributed by atoms with Crippen LogP contribution in [0.1, 0.15) is 0 Å². The van der Waals surface area contributed by atoms with Crippen molar-refractivity contribution in [1.29, 1.82) is 0 Å². The Hall–Kier alpha value is -1.64. The number of phenols is 4. The Morgan fingerprint density at radius 1 is 0.815 bits per heavy atom. The van der Waals surface area contributed by atoms with Crippen molar-refractivity contribution in [3.05, 3.63) is 46.6 Å². The van der Waals surface area contributed by atoms with Gasteiger partial charge in [-0.25, -0.2) is 0 Å². The van der Waals surface area contributed by atoms with Gasteiger partial charge in [0.15, 0.2) is 16.9 Å². The Kier molecular flexibility index (Phi) is 7.83. The zero-order chi connectivity index (χ0) is 19.6. The summed E-state index contributed by atoms with van der Waals surface area (Å²) in [6.45, 7) is 0. The van der Waals surface area contributed by atoms with Crippen molar-refractivity contribution in [2.75, 3.05) is 0 Å². The van der Waals surface area contributed by atoms with Gasteiger partial charge in [0, 0.05) is 23.8 Å². The fourth-order valence-corrected chi connectivity index (χ4v) is 2.07. The molecule has 140 valence electrons. The first-order chi connectivity index (χ1) is 12.0. The molecule has 0 fully saturated rings. The number of fused-ring (bicyclic) bond motifs is 1. The van der Waals surface area contributed by atoms with Crippen molar-refractivity contribution in [1.82, 2.24) is 0 Å². The summed E-state index contributed by atoms with van der Waals surface area (Å²) in [5.74, 6) is -1.13. The van der Waals surface area contributed by atoms with Crippen LogP contribution in [-0.4, -0.2) is 89.3 Å². The van der Waals surface area contributed by atoms with Crippen LogP contribution in [0, 0.1) is 0 Å². The molecule has 0 aliphatic carbocycles. The van der Waals surface area contributed by atoms with E-state index < -0.39 is 15.8 Å². The molecular formula is C15H13KO10S. The fourth-order valence-electron chi connectivity index (χ4n) is 2.07. The summed E-state index contributed by atoms with van der Waals surface area (Å²) in [5.41, 5.74) is -0.106. The standard InChI is InChI=1S/C15H10O6.K.H2O4S.H/c16-8-4-11(19)15-12(20)6-13(21-14(15)5-8)7-1-2-9(17)10(18)3-7;;1-5(2,3)4;/h1-6,16-19H;;(H2,1,2,3,4);. The zero-order valence-electron chi connectivity index (χ0n) is 12.7. The molecule has 1 aromatic heterocycles. The molecule has 3 aromatic rings. The maximum absolute atomic E-state index is 12.0. The van der Waals surface area contributed by atoms with Gasteiger partial charge in [0.1, 0.15) is 28.2 Å². The Labute approximate surface area is 194 Å². The normalized spacial score (nSPS) is 10.6. The molecule has 0 aliphatic heterocycles. The van der Waals surface area contributed by atoms with Crippen molar-refractivity contribution in [2.45, 2.75) is 0 Å². The number of rotatable bonds is 1. The molecular weight excluding hydrogens is 411 g/mol. The number of benzene rings is 2. The van der Waals surface area contributed by atoms with Crippen molar-refractivity contribution >= 4 is 72.8 Å². The molecule has 6 N–H and O–H groups in total. The summed E-state index contributed by atoms with van der Waals surface area (Å²) in [4.78, 5) is 12.0. The molecule has 0 atom stereocenters. The van der Waals surface area contributed by atoms with Gasteiger partial charge in [0.2, 0.25) is 0 Å². The number of aromatic hydroxyl groups is 4. The van der Waals surface area contributed by atoms with Crippen molar-refractivity contribution < 1.29 is 42.4 Å². The third-order valence-corrected chi connectivity index (χ3v) is 3.05. The number of phenolic OH excluding ortho intramolecular Hbond substituents is 4. The van der Waals surface area contributed by atoms with Crippen LogP contribution < -0.4 is 5.43 Å². The molecule has 3 rings (SSSR count). The second kappa shape index (κ2) is 9.03. The zero-order valence-corrected chi connectivity index (χ0v) is 13.5. The summed E-state index contributed by atoms with van der Waals surface area (Å²) in [6, 6.07) is 7.37. The van der Waals surface area contributed by atoms with Gasteiger partial charge < -0.3 is 24.8 Å². The molecule has 10 nitrogen and oxygen atoms in total. The van der Waals surface area contributed by atoms with E-state index in [0.29, 0.717) is 5.56 Å². The van der Waals surface area contributed by atoms with Crippen LogP contribution >= 0.6 is 0 Å². The average Bonchev–Trinajstić information content (AvgIpc) is 2.47. The Balaban J connectivity index is 0.000000542. The van der Waals surface area contributed by atoms with Gasteiger partial charge in [-0.05, 0) is 18.2 Å². The molecule has 0 unspecified atom stereocenters. The van der Waals surface area contributed by atoms with E-state index in [1.165, 1.54) is 24.3 Å². The Bertz CT molecular complexity index is 1130. The van der Waals surface area contributed by atoms with E-state index in [1.54, 1.807) is 0 Å². The Morgan fingerprint density at radius 2 is 1.41 bits per heavy atom. The molecule has 27 heavy (non-hydrogen) atoms. The predicted octanol–water partition coefficient (Wildman–Crippen LogP) is 0.981. The van der Waals surface area contributed by atoms with Crippen LogP contribution in [0.2, 0.25) is 0 Å². The first kappa shape index (κ1) is 23.4. The van der Waals surface area contributed by atoms with E-state index in [1.807, 2.05) is 0 Å². The monoisotopic (exact) mass is 424 g/mol. The van der Waals surface area contributed by atoms with Gasteiger partial charge in [-0.1, -0.05) is 0 Å². The SMILES string of the molecule is O=S(=O)(O)O.O=c1cc(-c2ccc(O)c(O)c2)oc2cc(O)cc(O)c12.[KH]. The molecule has 0 aliphatic rings. The quantitative estimate of drug-likeness (QED) is 0.187. The maximum atomic E-state index is 12.0. The summed E-state index contributed by atoms with van der Waals surface area (Å²) < 4.78 is 37.1. The van der Waals surface area contributed by atoms with E-state index >= 15 is 0 Å². The molecule has 0 saturated heterocycles. The van der Waals surface area contributed by atoms with Crippen molar-refractivity contribution in [3.8, 4) is 34.3 Å². The van der Waals surface area contributed by atoms with E-state index in [2.05, 4.69) is 0 Å². The Morgan fingerprint density at radius 3 is 1.96 bits per heavy atom. The van der Waals surface area contributed by atoms with Gasteiger partial charge in [-0.2, -0.15) is 8.42 Å². The third kappa shape index (κ3) is 6.48. The molecule has 0 spiro atoms. The second-order valence-electron chi connectivity index (χ2n) is 4.96. The van der Waals surface area contributed by atoms with Gasteiger partial charge in [-0.15, -0.1) is 0 Å². The van der Waals surface area contributed by atoms with Gasteiger partial charge in [0.25, 0.3) is 0 Å². The average molecular weight is 424 g/mol. The first-order valence-electron chi connectivity index (χ1n) is 6.68. The molecule has 0 amide bonds. The van der Waals surface area contributed by atoms with Crippen LogP contribution in [0.3, 0.4) is 0 Å². The molecule has 0 saturated carbocycles. The number of hydrogen-bond donors (Lipinski definition) is 6. The molecule has 1 heterocycles. The summed E-state index contributed by atoms with van der Waals surface area (Å²) in [5, 5.41) is 37.9. The van der Waals surface area contributed by atoms with E-state index in [-0.39, 0.29) is 91.1 Å². The van der Waals surface area contributed by atoms with Gasteiger partial charge in [0.05, 0.1) is 0 Å². The second-order valence-corrected chi connectivity index (χ2v) is 5.86. The van der Waals surface area contributed by atoms with Crippen LogP contribution in [-0.2, 0) is 10.4 Å². The van der Waals surface area contributed by atoms with Crippen molar-refractivity contribution in [2.24, 2.45) is 0 Å². The third-order valence-electron chi connectivity index (χ3n) is 3.05. The van der Waals surface area contributed by atoms with E-state index in [0.717, 1.165) is 12.1 Å². The van der Waals surface area contributed by atoms with Crippen LogP contribution in [0.15, 0.2) is 45.6 Å². The topological polar surface area (TPSA) is 186 Å². The predicted molar refractivity (Wildman–Crippen MR) is 95.9 cm³/mol. The molecule has 12 heteroatoms. The summed E-state index contributed by atoms with van der Waals surface area (Å²) in [6.07, 6.45) is 0. The van der Waals surface area contributed by atoms with Crippen molar-refractivity contribution in [3.63, 3.8) is 0 Å². The van der Waals surface area contributed by atoms with Crippen LogP contribution in [0.25, 0.3) is 22.3 Å². The summed E-state index contributed by atoms with van der Waals surface area (Å²) >= 11 is 0. The van der Waals surface area contributed by atoms with Gasteiger partial charge in [-0.3, -0.25) is 13.9 Å². The van der Waals surface area contributed by atoms with E-state index in [9.17, 15) is 25.2 Å². The van der Waals surface area contributed by atoms with Crippen LogP contribution in [0.4, 0.5) is 0 Å². The first-order valence-corrected chi connectivity index (χ1v) is 8.07. The van der Waals surface area contributed by atoms with Crippen LogP contribution in [0.5, 0.6) is 23.0 Å². The molecule has 0 bridgehead atoms. The summed E-state index contributed by atoms with van der Waals surface area (Å²) in [7, 11) is -4.67. The minimum absolute atomic E-state index is 0. The number of hydrogen-bond acceptors (Lipinski definition) is 8. The van der Waals surface area contributed by atoms with Gasteiger partial charge >= 0.3 is 61.8 Å². The molecule has 2 aromatic carbocycles. The minimum atomic E-state index is -4.67. The molecule has 0 radical (unpaired) electrons. The fraction of sp³-hybridized carbons (Fsp3) is 0.